The summed E-state index contributed by atoms with van der Waals surface area (Å²) >= 11 is 6.00. The lowest BCUT2D eigenvalue weighted by molar-refractivity contribution is 0.0803. The largest absolute Gasteiger partial charge is 0.341 e. The van der Waals surface area contributed by atoms with Crippen LogP contribution in [0.1, 0.15) is 15.9 Å². The Balaban J connectivity index is 2.83. The van der Waals surface area contributed by atoms with E-state index in [-0.39, 0.29) is 5.91 Å². The van der Waals surface area contributed by atoms with Crippen LogP contribution in [0, 0.1) is 6.92 Å². The predicted octanol–water partition coefficient (Wildman–Crippen LogP) is 2.72. The summed E-state index contributed by atoms with van der Waals surface area (Å²) < 4.78 is 0. The van der Waals surface area contributed by atoms with Crippen molar-refractivity contribution in [3.63, 3.8) is 0 Å². The molecular formula is C12H17NOS2. The van der Waals surface area contributed by atoms with Crippen LogP contribution in [-0.4, -0.2) is 36.4 Å². The van der Waals surface area contributed by atoms with Crippen molar-refractivity contribution in [2.45, 2.75) is 11.8 Å². The maximum Gasteiger partial charge on any atom is 0.253 e. The van der Waals surface area contributed by atoms with Crippen LogP contribution < -0.4 is 0 Å². The van der Waals surface area contributed by atoms with E-state index in [0.717, 1.165) is 28.3 Å². The summed E-state index contributed by atoms with van der Waals surface area (Å²) in [5, 5.41) is 0. The molecule has 0 atom stereocenters. The molecule has 1 aromatic rings. The van der Waals surface area contributed by atoms with Crippen molar-refractivity contribution in [1.82, 2.24) is 4.90 Å². The van der Waals surface area contributed by atoms with Gasteiger partial charge in [0.1, 0.15) is 0 Å². The molecule has 0 fully saturated rings. The van der Waals surface area contributed by atoms with E-state index in [9.17, 15) is 4.79 Å². The fourth-order valence-electron chi connectivity index (χ4n) is 1.38. The molecule has 0 radical (unpaired) electrons. The van der Waals surface area contributed by atoms with Gasteiger partial charge in [0, 0.05) is 29.8 Å². The quantitative estimate of drug-likeness (QED) is 0.835. The van der Waals surface area contributed by atoms with Crippen molar-refractivity contribution in [3.05, 3.63) is 29.3 Å². The highest BCUT2D eigenvalue weighted by molar-refractivity contribution is 7.98. The van der Waals surface area contributed by atoms with Crippen molar-refractivity contribution in [3.8, 4) is 0 Å². The maximum absolute atomic E-state index is 12.1. The van der Waals surface area contributed by atoms with E-state index >= 15 is 0 Å². The average Bonchev–Trinajstić information content (AvgIpc) is 2.28. The lowest BCUT2D eigenvalue weighted by atomic mass is 10.1. The monoisotopic (exact) mass is 255 g/mol. The molecule has 0 aliphatic rings. The second-order valence-electron chi connectivity index (χ2n) is 3.72. The number of thioether (sulfide) groups is 1. The SMILES string of the molecule is CSCCN(C)C(=O)c1cc(S)ccc1C. The van der Waals surface area contributed by atoms with Crippen LogP contribution in [0.4, 0.5) is 0 Å². The lowest BCUT2D eigenvalue weighted by Crippen LogP contribution is -2.29. The Hall–Kier alpha value is -0.610. The first-order valence-corrected chi connectivity index (χ1v) is 6.94. The second-order valence-corrected chi connectivity index (χ2v) is 5.22. The summed E-state index contributed by atoms with van der Waals surface area (Å²) in [6, 6.07) is 5.66. The zero-order chi connectivity index (χ0) is 12.1. The van der Waals surface area contributed by atoms with E-state index in [0.29, 0.717) is 0 Å². The molecule has 1 amide bonds. The minimum Gasteiger partial charge on any atom is -0.341 e. The first-order chi connectivity index (χ1) is 7.56. The van der Waals surface area contributed by atoms with Gasteiger partial charge in [-0.05, 0) is 30.9 Å². The number of carbonyl (C=O) groups excluding carboxylic acids is 1. The minimum absolute atomic E-state index is 0.0717. The third-order valence-electron chi connectivity index (χ3n) is 2.43. The van der Waals surface area contributed by atoms with Gasteiger partial charge < -0.3 is 4.90 Å². The number of nitrogens with zero attached hydrogens (tertiary/aromatic N) is 1. The van der Waals surface area contributed by atoms with Gasteiger partial charge in [0.05, 0.1) is 0 Å². The number of hydrogen-bond acceptors (Lipinski definition) is 3. The summed E-state index contributed by atoms with van der Waals surface area (Å²) in [4.78, 5) is 14.7. The van der Waals surface area contributed by atoms with Gasteiger partial charge in [0.25, 0.3) is 5.91 Å². The van der Waals surface area contributed by atoms with Crippen molar-refractivity contribution in [1.29, 1.82) is 0 Å². The van der Waals surface area contributed by atoms with E-state index in [1.807, 2.05) is 38.4 Å². The molecule has 1 rings (SSSR count). The van der Waals surface area contributed by atoms with E-state index in [2.05, 4.69) is 12.6 Å². The van der Waals surface area contributed by atoms with Gasteiger partial charge in [-0.1, -0.05) is 6.07 Å². The smallest absolute Gasteiger partial charge is 0.253 e. The maximum atomic E-state index is 12.1. The minimum atomic E-state index is 0.0717. The highest BCUT2D eigenvalue weighted by atomic mass is 32.2. The molecule has 4 heteroatoms. The molecule has 88 valence electrons. The van der Waals surface area contributed by atoms with Crippen LogP contribution in [-0.2, 0) is 0 Å². The summed E-state index contributed by atoms with van der Waals surface area (Å²) in [5.41, 5.74) is 1.75. The third-order valence-corrected chi connectivity index (χ3v) is 3.30. The van der Waals surface area contributed by atoms with Crippen LogP contribution >= 0.6 is 24.4 Å². The third kappa shape index (κ3) is 3.46. The first kappa shape index (κ1) is 13.5. The highest BCUT2D eigenvalue weighted by Crippen LogP contribution is 2.15. The molecule has 16 heavy (non-hydrogen) atoms. The molecule has 2 nitrogen and oxygen atoms in total. The number of aryl methyl sites for hydroxylation is 1. The first-order valence-electron chi connectivity index (χ1n) is 5.10. The molecule has 0 aliphatic heterocycles. The van der Waals surface area contributed by atoms with Crippen molar-refractivity contribution in [2.75, 3.05) is 25.6 Å². The fourth-order valence-corrected chi connectivity index (χ4v) is 2.04. The Morgan fingerprint density at radius 2 is 2.19 bits per heavy atom. The summed E-state index contributed by atoms with van der Waals surface area (Å²) in [5.74, 6) is 1.03. The number of hydrogen-bond donors (Lipinski definition) is 1. The molecule has 0 saturated heterocycles. The molecule has 0 N–H and O–H groups in total. The van der Waals surface area contributed by atoms with E-state index in [1.165, 1.54) is 0 Å². The molecule has 0 unspecified atom stereocenters. The zero-order valence-corrected chi connectivity index (χ0v) is 11.6. The highest BCUT2D eigenvalue weighted by Gasteiger charge is 2.13. The number of benzene rings is 1. The van der Waals surface area contributed by atoms with Crippen LogP contribution in [0.3, 0.4) is 0 Å². The molecule has 1 aromatic carbocycles. The van der Waals surface area contributed by atoms with E-state index in [1.54, 1.807) is 16.7 Å². The normalized spacial score (nSPS) is 10.2. The van der Waals surface area contributed by atoms with Gasteiger partial charge in [-0.3, -0.25) is 4.79 Å². The van der Waals surface area contributed by atoms with E-state index < -0.39 is 0 Å². The average molecular weight is 255 g/mol. The molecule has 0 bridgehead atoms. The van der Waals surface area contributed by atoms with Crippen LogP contribution in [0.5, 0.6) is 0 Å². The van der Waals surface area contributed by atoms with Gasteiger partial charge in [0.15, 0.2) is 0 Å². The Morgan fingerprint density at radius 1 is 1.50 bits per heavy atom. The number of rotatable bonds is 4. The Kier molecular flexibility index (Phi) is 5.22. The molecular weight excluding hydrogens is 238 g/mol. The van der Waals surface area contributed by atoms with Gasteiger partial charge in [-0.25, -0.2) is 0 Å². The standard InChI is InChI=1S/C12H17NOS2/c1-9-4-5-10(15)8-11(9)12(14)13(2)6-7-16-3/h4-5,8,15H,6-7H2,1-3H3. The van der Waals surface area contributed by atoms with Crippen molar-refractivity contribution in [2.24, 2.45) is 0 Å². The second kappa shape index (κ2) is 6.21. The number of carbonyl (C=O) groups is 1. The van der Waals surface area contributed by atoms with Crippen molar-refractivity contribution >= 4 is 30.3 Å². The molecule has 0 aliphatic carbocycles. The summed E-state index contributed by atoms with van der Waals surface area (Å²) in [6.07, 6.45) is 2.04. The summed E-state index contributed by atoms with van der Waals surface area (Å²) in [7, 11) is 1.84. The van der Waals surface area contributed by atoms with Crippen molar-refractivity contribution < 1.29 is 4.79 Å². The predicted molar refractivity (Wildman–Crippen MR) is 73.8 cm³/mol. The lowest BCUT2D eigenvalue weighted by Gasteiger charge is -2.18. The fraction of sp³-hybridized carbons (Fsp3) is 0.417. The van der Waals surface area contributed by atoms with E-state index in [4.69, 9.17) is 0 Å². The molecule has 0 saturated carbocycles. The number of amides is 1. The van der Waals surface area contributed by atoms with Gasteiger partial charge in [-0.2, -0.15) is 11.8 Å². The Morgan fingerprint density at radius 3 is 2.81 bits per heavy atom. The van der Waals surface area contributed by atoms with Gasteiger partial charge in [-0.15, -0.1) is 12.6 Å². The molecule has 0 aromatic heterocycles. The zero-order valence-electron chi connectivity index (χ0n) is 9.86. The Labute approximate surface area is 107 Å². The number of thiol groups is 1. The summed E-state index contributed by atoms with van der Waals surface area (Å²) in [6.45, 7) is 2.72. The Bertz CT molecular complexity index is 379. The molecule has 0 spiro atoms. The van der Waals surface area contributed by atoms with Crippen LogP contribution in [0.15, 0.2) is 23.1 Å². The van der Waals surface area contributed by atoms with Crippen LogP contribution in [0.2, 0.25) is 0 Å². The van der Waals surface area contributed by atoms with Gasteiger partial charge >= 0.3 is 0 Å². The molecule has 0 heterocycles. The van der Waals surface area contributed by atoms with Gasteiger partial charge in [0.2, 0.25) is 0 Å². The topological polar surface area (TPSA) is 20.3 Å². The van der Waals surface area contributed by atoms with Crippen LogP contribution in [0.25, 0.3) is 0 Å².